The molecule has 0 saturated carbocycles. The summed E-state index contributed by atoms with van der Waals surface area (Å²) < 4.78 is 16.3. The lowest BCUT2D eigenvalue weighted by molar-refractivity contribution is -0.141. The molecule has 9 nitrogen and oxygen atoms in total. The van der Waals surface area contributed by atoms with Crippen LogP contribution in [-0.2, 0) is 25.5 Å². The standard InChI is InChI=1S/C24H34N4O5/c1-31-19-3-2-18-14-20(24(30)27-8-12-33-13-9-27)22-16-25(4-5-28(22)21(18)15-19)17-23(29)26-6-10-32-11-7-26/h2-3,15,20,22H,4-14,16-17H2,1H3/t20-,22-/m0/s1. The number of methoxy groups -OCH3 is 1. The average molecular weight is 459 g/mol. The summed E-state index contributed by atoms with van der Waals surface area (Å²) in [5.74, 6) is 1.05. The van der Waals surface area contributed by atoms with E-state index in [2.05, 4.69) is 21.9 Å². The summed E-state index contributed by atoms with van der Waals surface area (Å²) >= 11 is 0. The highest BCUT2D eigenvalue weighted by molar-refractivity contribution is 5.83. The smallest absolute Gasteiger partial charge is 0.236 e. The van der Waals surface area contributed by atoms with Gasteiger partial charge in [-0.05, 0) is 18.1 Å². The predicted octanol–water partition coefficient (Wildman–Crippen LogP) is 0.0757. The first-order valence-corrected chi connectivity index (χ1v) is 12.0. The van der Waals surface area contributed by atoms with Gasteiger partial charge in [-0.1, -0.05) is 6.07 Å². The SMILES string of the molecule is COc1ccc2c(c1)N1CCN(CC(=O)N3CCOCC3)C[C@H]1[C@@H](C(=O)N1CCOCC1)C2. The highest BCUT2D eigenvalue weighted by Gasteiger charge is 2.43. The lowest BCUT2D eigenvalue weighted by Gasteiger charge is -2.50. The van der Waals surface area contributed by atoms with E-state index in [4.69, 9.17) is 14.2 Å². The first kappa shape index (κ1) is 22.4. The van der Waals surface area contributed by atoms with Gasteiger partial charge in [-0.2, -0.15) is 0 Å². The minimum atomic E-state index is -0.134. The van der Waals surface area contributed by atoms with E-state index >= 15 is 0 Å². The molecule has 1 aromatic carbocycles. The van der Waals surface area contributed by atoms with E-state index < -0.39 is 0 Å². The van der Waals surface area contributed by atoms with Crippen molar-refractivity contribution in [1.29, 1.82) is 0 Å². The molecule has 3 saturated heterocycles. The fourth-order valence-electron chi connectivity index (χ4n) is 5.51. The van der Waals surface area contributed by atoms with Crippen molar-refractivity contribution >= 4 is 17.5 Å². The largest absolute Gasteiger partial charge is 0.497 e. The van der Waals surface area contributed by atoms with Crippen molar-refractivity contribution in [1.82, 2.24) is 14.7 Å². The predicted molar refractivity (Wildman–Crippen MR) is 123 cm³/mol. The second-order valence-corrected chi connectivity index (χ2v) is 9.23. The third-order valence-corrected chi connectivity index (χ3v) is 7.37. The third kappa shape index (κ3) is 4.67. The molecule has 33 heavy (non-hydrogen) atoms. The van der Waals surface area contributed by atoms with Crippen LogP contribution in [0.4, 0.5) is 5.69 Å². The molecule has 3 fully saturated rings. The van der Waals surface area contributed by atoms with Gasteiger partial charge < -0.3 is 28.9 Å². The van der Waals surface area contributed by atoms with E-state index in [9.17, 15) is 9.59 Å². The van der Waals surface area contributed by atoms with Gasteiger partial charge in [0.05, 0.1) is 52.0 Å². The number of anilines is 1. The maximum atomic E-state index is 13.6. The Morgan fingerprint density at radius 1 is 0.970 bits per heavy atom. The van der Waals surface area contributed by atoms with Crippen LogP contribution in [0.25, 0.3) is 0 Å². The monoisotopic (exact) mass is 458 g/mol. The lowest BCUT2D eigenvalue weighted by atomic mass is 9.82. The molecule has 4 aliphatic rings. The van der Waals surface area contributed by atoms with Crippen LogP contribution >= 0.6 is 0 Å². The van der Waals surface area contributed by atoms with Gasteiger partial charge in [0, 0.05) is 57.6 Å². The molecule has 5 rings (SSSR count). The molecule has 2 atom stereocenters. The zero-order valence-electron chi connectivity index (χ0n) is 19.4. The van der Waals surface area contributed by atoms with Crippen LogP contribution in [0.5, 0.6) is 5.75 Å². The van der Waals surface area contributed by atoms with Crippen molar-refractivity contribution in [2.24, 2.45) is 5.92 Å². The van der Waals surface area contributed by atoms with Crippen molar-refractivity contribution in [3.63, 3.8) is 0 Å². The fraction of sp³-hybridized carbons (Fsp3) is 0.667. The summed E-state index contributed by atoms with van der Waals surface area (Å²) in [6, 6.07) is 6.20. The number of hydrogen-bond donors (Lipinski definition) is 0. The van der Waals surface area contributed by atoms with Gasteiger partial charge in [-0.25, -0.2) is 0 Å². The number of rotatable bonds is 4. The molecule has 0 spiro atoms. The zero-order valence-corrected chi connectivity index (χ0v) is 19.4. The molecule has 0 aliphatic carbocycles. The van der Waals surface area contributed by atoms with Crippen LogP contribution in [0.15, 0.2) is 18.2 Å². The number of amides is 2. The molecular weight excluding hydrogens is 424 g/mol. The van der Waals surface area contributed by atoms with Gasteiger partial charge in [0.15, 0.2) is 0 Å². The second kappa shape index (κ2) is 9.87. The minimum absolute atomic E-state index is 0.0335. The average Bonchev–Trinajstić information content (AvgIpc) is 2.88. The van der Waals surface area contributed by atoms with E-state index in [1.54, 1.807) is 7.11 Å². The molecule has 0 radical (unpaired) electrons. The van der Waals surface area contributed by atoms with Crippen molar-refractivity contribution in [3.8, 4) is 5.75 Å². The first-order chi connectivity index (χ1) is 16.1. The van der Waals surface area contributed by atoms with Gasteiger partial charge >= 0.3 is 0 Å². The molecule has 4 aliphatic heterocycles. The highest BCUT2D eigenvalue weighted by atomic mass is 16.5. The maximum absolute atomic E-state index is 13.6. The molecule has 0 unspecified atom stereocenters. The number of piperazine rings is 1. The second-order valence-electron chi connectivity index (χ2n) is 9.23. The van der Waals surface area contributed by atoms with Crippen LogP contribution in [0, 0.1) is 5.92 Å². The van der Waals surface area contributed by atoms with Gasteiger partial charge in [0.1, 0.15) is 5.75 Å². The van der Waals surface area contributed by atoms with Gasteiger partial charge in [-0.3, -0.25) is 14.5 Å². The number of benzene rings is 1. The van der Waals surface area contributed by atoms with Crippen LogP contribution in [0.1, 0.15) is 5.56 Å². The Hall–Kier alpha value is -2.36. The van der Waals surface area contributed by atoms with Crippen molar-refractivity contribution in [3.05, 3.63) is 23.8 Å². The first-order valence-electron chi connectivity index (χ1n) is 12.0. The molecule has 0 aromatic heterocycles. The number of fused-ring (bicyclic) bond motifs is 3. The Morgan fingerprint density at radius 2 is 1.67 bits per heavy atom. The lowest BCUT2D eigenvalue weighted by Crippen LogP contribution is -2.62. The molecular formula is C24H34N4O5. The number of morpholine rings is 2. The topological polar surface area (TPSA) is 74.8 Å². The van der Waals surface area contributed by atoms with Gasteiger partial charge in [-0.15, -0.1) is 0 Å². The highest BCUT2D eigenvalue weighted by Crippen LogP contribution is 2.38. The molecule has 9 heteroatoms. The fourth-order valence-corrected chi connectivity index (χ4v) is 5.51. The normalized spacial score (nSPS) is 25.9. The van der Waals surface area contributed by atoms with Crippen LogP contribution < -0.4 is 9.64 Å². The number of carbonyl (C=O) groups excluding carboxylic acids is 2. The molecule has 1 aromatic rings. The quantitative estimate of drug-likeness (QED) is 0.633. The molecule has 0 bridgehead atoms. The number of carbonyl (C=O) groups is 2. The van der Waals surface area contributed by atoms with Gasteiger partial charge in [0.25, 0.3) is 0 Å². The molecule has 2 amide bonds. The molecule has 0 N–H and O–H groups in total. The minimum Gasteiger partial charge on any atom is -0.497 e. The maximum Gasteiger partial charge on any atom is 0.236 e. The number of nitrogens with zero attached hydrogens (tertiary/aromatic N) is 4. The summed E-state index contributed by atoms with van der Waals surface area (Å²) in [6.07, 6.45) is 0.710. The summed E-state index contributed by atoms with van der Waals surface area (Å²) in [5.41, 5.74) is 2.35. The van der Waals surface area contributed by atoms with E-state index in [1.807, 2.05) is 15.9 Å². The van der Waals surface area contributed by atoms with E-state index in [-0.39, 0.29) is 23.8 Å². The molecule has 180 valence electrons. The summed E-state index contributed by atoms with van der Waals surface area (Å²) in [5, 5.41) is 0. The van der Waals surface area contributed by atoms with Crippen LogP contribution in [0.2, 0.25) is 0 Å². The van der Waals surface area contributed by atoms with E-state index in [0.717, 1.165) is 24.5 Å². The Labute approximate surface area is 195 Å². The van der Waals surface area contributed by atoms with E-state index in [1.165, 1.54) is 5.56 Å². The summed E-state index contributed by atoms with van der Waals surface area (Å²) in [7, 11) is 1.68. The zero-order chi connectivity index (χ0) is 22.8. The Bertz CT molecular complexity index is 868. The summed E-state index contributed by atoms with van der Waals surface area (Å²) in [6.45, 7) is 7.71. The number of hydrogen-bond acceptors (Lipinski definition) is 7. The Balaban J connectivity index is 1.36. The summed E-state index contributed by atoms with van der Waals surface area (Å²) in [4.78, 5) is 35.0. The van der Waals surface area contributed by atoms with Gasteiger partial charge in [0.2, 0.25) is 11.8 Å². The van der Waals surface area contributed by atoms with Crippen molar-refractivity contribution in [2.75, 3.05) is 90.8 Å². The van der Waals surface area contributed by atoms with E-state index in [0.29, 0.717) is 72.1 Å². The van der Waals surface area contributed by atoms with Crippen LogP contribution in [0.3, 0.4) is 0 Å². The van der Waals surface area contributed by atoms with Crippen molar-refractivity contribution < 1.29 is 23.8 Å². The Kier molecular flexibility index (Phi) is 6.71. The Morgan fingerprint density at radius 3 is 2.36 bits per heavy atom. The van der Waals surface area contributed by atoms with Crippen LogP contribution in [-0.4, -0.2) is 118 Å². The van der Waals surface area contributed by atoms with Crippen molar-refractivity contribution in [2.45, 2.75) is 12.5 Å². The molecule has 4 heterocycles. The third-order valence-electron chi connectivity index (χ3n) is 7.37. The number of ether oxygens (including phenoxy) is 3.